The van der Waals surface area contributed by atoms with E-state index in [1.54, 1.807) is 34.1 Å². The molecule has 1 amide bonds. The fraction of sp³-hybridized carbons (Fsp3) is 0.316. The molecule has 2 aromatic rings. The summed E-state index contributed by atoms with van der Waals surface area (Å²) in [5.41, 5.74) is 0.367. The van der Waals surface area contributed by atoms with Gasteiger partial charge in [0.15, 0.2) is 11.6 Å². The number of carbonyl (C=O) groups excluding carboxylic acids is 1. The molecule has 2 aromatic carbocycles. The molecule has 0 N–H and O–H groups in total. The highest BCUT2D eigenvalue weighted by Crippen LogP contribution is 2.35. The van der Waals surface area contributed by atoms with Gasteiger partial charge < -0.3 is 14.5 Å². The van der Waals surface area contributed by atoms with Crippen LogP contribution < -0.4 is 9.64 Å². The molecule has 7 nitrogen and oxygen atoms in total. The van der Waals surface area contributed by atoms with Crippen molar-refractivity contribution in [3.05, 3.63) is 62.9 Å². The third-order valence-electron chi connectivity index (χ3n) is 4.67. The summed E-state index contributed by atoms with van der Waals surface area (Å²) in [5, 5.41) is 11.8. The topological polar surface area (TPSA) is 75.9 Å². The minimum Gasteiger partial charge on any atom is -0.494 e. The first kappa shape index (κ1) is 19.9. The molecule has 0 atom stereocenters. The number of nitro benzene ring substituents is 1. The lowest BCUT2D eigenvalue weighted by Crippen LogP contribution is -2.35. The Bertz CT molecular complexity index is 909. The minimum atomic E-state index is -0.789. The number of hydrogen-bond acceptors (Lipinski definition) is 5. The highest BCUT2D eigenvalue weighted by molar-refractivity contribution is 6.33. The molecule has 1 heterocycles. The normalized spacial score (nSPS) is 14.5. The minimum absolute atomic E-state index is 0.0613. The first-order valence-electron chi connectivity index (χ1n) is 8.73. The number of rotatable bonds is 4. The Labute approximate surface area is 166 Å². The summed E-state index contributed by atoms with van der Waals surface area (Å²) in [6, 6.07) is 9.03. The van der Waals surface area contributed by atoms with Crippen molar-refractivity contribution in [3.8, 4) is 5.75 Å². The summed E-state index contributed by atoms with van der Waals surface area (Å²) in [6.45, 7) is 1.71. The van der Waals surface area contributed by atoms with Crippen LogP contribution in [-0.2, 0) is 0 Å². The smallest absolute Gasteiger partial charge is 0.295 e. The maximum absolute atomic E-state index is 13.9. The largest absolute Gasteiger partial charge is 0.494 e. The number of nitrogens with zero attached hydrogens (tertiary/aromatic N) is 3. The van der Waals surface area contributed by atoms with Crippen LogP contribution in [-0.4, -0.2) is 49.0 Å². The molecule has 3 rings (SSSR count). The Morgan fingerprint density at radius 3 is 2.64 bits per heavy atom. The molecule has 0 aliphatic carbocycles. The van der Waals surface area contributed by atoms with E-state index in [0.717, 1.165) is 6.07 Å². The van der Waals surface area contributed by atoms with Crippen LogP contribution in [0, 0.1) is 15.9 Å². The Hall–Kier alpha value is -2.87. The standard InChI is InChI=1S/C19H19ClFN3O4/c1-28-18-12-16(17(24(26)27)11-15(18)21)22-7-4-8-23(10-9-22)19(25)13-5-2-3-6-14(13)20/h2-3,5-6,11-12H,4,7-10H2,1H3. The molecule has 1 saturated heterocycles. The molecular formula is C19H19ClFN3O4. The number of carbonyl (C=O) groups is 1. The number of benzene rings is 2. The fourth-order valence-corrected chi connectivity index (χ4v) is 3.47. The van der Waals surface area contributed by atoms with Gasteiger partial charge in [-0.2, -0.15) is 0 Å². The van der Waals surface area contributed by atoms with Crippen LogP contribution in [0.4, 0.5) is 15.8 Å². The summed E-state index contributed by atoms with van der Waals surface area (Å²) in [4.78, 5) is 27.0. The van der Waals surface area contributed by atoms with Crippen molar-refractivity contribution in [3.63, 3.8) is 0 Å². The van der Waals surface area contributed by atoms with Crippen LogP contribution in [0.2, 0.25) is 5.02 Å². The van der Waals surface area contributed by atoms with Gasteiger partial charge in [-0.3, -0.25) is 14.9 Å². The molecule has 0 saturated carbocycles. The zero-order valence-corrected chi connectivity index (χ0v) is 16.0. The van der Waals surface area contributed by atoms with Crippen molar-refractivity contribution >= 4 is 28.9 Å². The maximum Gasteiger partial charge on any atom is 0.295 e. The number of methoxy groups -OCH3 is 1. The van der Waals surface area contributed by atoms with E-state index in [1.165, 1.54) is 13.2 Å². The average Bonchev–Trinajstić information content (AvgIpc) is 2.93. The molecule has 1 fully saturated rings. The van der Waals surface area contributed by atoms with Crippen molar-refractivity contribution < 1.29 is 18.8 Å². The predicted octanol–water partition coefficient (Wildman–Crippen LogP) is 3.75. The zero-order chi connectivity index (χ0) is 20.3. The number of amides is 1. The summed E-state index contributed by atoms with van der Waals surface area (Å²) < 4.78 is 18.9. The molecule has 148 valence electrons. The van der Waals surface area contributed by atoms with Crippen LogP contribution in [0.5, 0.6) is 5.75 Å². The third kappa shape index (κ3) is 4.01. The van der Waals surface area contributed by atoms with Crippen molar-refractivity contribution in [2.75, 3.05) is 38.2 Å². The molecular weight excluding hydrogens is 389 g/mol. The average molecular weight is 408 g/mol. The van der Waals surface area contributed by atoms with Crippen LogP contribution in [0.1, 0.15) is 16.8 Å². The second kappa shape index (κ2) is 8.43. The van der Waals surface area contributed by atoms with Crippen LogP contribution in [0.25, 0.3) is 0 Å². The van der Waals surface area contributed by atoms with Crippen molar-refractivity contribution in [1.82, 2.24) is 4.90 Å². The van der Waals surface area contributed by atoms with E-state index in [9.17, 15) is 19.3 Å². The van der Waals surface area contributed by atoms with Gasteiger partial charge in [-0.15, -0.1) is 0 Å². The summed E-state index contributed by atoms with van der Waals surface area (Å²) in [7, 11) is 1.31. The SMILES string of the molecule is COc1cc(N2CCCN(C(=O)c3ccccc3Cl)CC2)c([N+](=O)[O-])cc1F. The van der Waals surface area contributed by atoms with E-state index in [4.69, 9.17) is 16.3 Å². The molecule has 1 aliphatic heterocycles. The number of ether oxygens (including phenoxy) is 1. The van der Waals surface area contributed by atoms with Crippen LogP contribution >= 0.6 is 11.6 Å². The molecule has 0 spiro atoms. The quantitative estimate of drug-likeness (QED) is 0.570. The highest BCUT2D eigenvalue weighted by atomic mass is 35.5. The molecule has 0 aromatic heterocycles. The fourth-order valence-electron chi connectivity index (χ4n) is 3.25. The lowest BCUT2D eigenvalue weighted by atomic mass is 10.2. The number of hydrogen-bond donors (Lipinski definition) is 0. The summed E-state index contributed by atoms with van der Waals surface area (Å²) in [6.07, 6.45) is 0.604. The van der Waals surface area contributed by atoms with Crippen molar-refractivity contribution in [2.24, 2.45) is 0 Å². The second-order valence-corrected chi connectivity index (χ2v) is 6.75. The van der Waals surface area contributed by atoms with E-state index in [0.29, 0.717) is 43.2 Å². The van der Waals surface area contributed by atoms with Gasteiger partial charge in [0.25, 0.3) is 11.6 Å². The molecule has 0 unspecified atom stereocenters. The molecule has 9 heteroatoms. The van der Waals surface area contributed by atoms with Gasteiger partial charge in [0.1, 0.15) is 5.69 Å². The lowest BCUT2D eigenvalue weighted by Gasteiger charge is -2.24. The van der Waals surface area contributed by atoms with Gasteiger partial charge >= 0.3 is 0 Å². The monoisotopic (exact) mass is 407 g/mol. The van der Waals surface area contributed by atoms with Crippen LogP contribution in [0.3, 0.4) is 0 Å². The molecule has 0 bridgehead atoms. The van der Waals surface area contributed by atoms with E-state index < -0.39 is 10.7 Å². The van der Waals surface area contributed by atoms with E-state index in [1.807, 2.05) is 0 Å². The van der Waals surface area contributed by atoms with Crippen molar-refractivity contribution in [1.29, 1.82) is 0 Å². The van der Waals surface area contributed by atoms with Crippen LogP contribution in [0.15, 0.2) is 36.4 Å². The zero-order valence-electron chi connectivity index (χ0n) is 15.2. The van der Waals surface area contributed by atoms with Gasteiger partial charge in [0, 0.05) is 32.2 Å². The molecule has 0 radical (unpaired) electrons. The Morgan fingerprint density at radius 2 is 1.96 bits per heavy atom. The van der Waals surface area contributed by atoms with Gasteiger partial charge in [-0.05, 0) is 18.6 Å². The Morgan fingerprint density at radius 1 is 1.21 bits per heavy atom. The Kier molecular flexibility index (Phi) is 5.99. The van der Waals surface area contributed by atoms with E-state index >= 15 is 0 Å². The van der Waals surface area contributed by atoms with E-state index in [2.05, 4.69) is 0 Å². The maximum atomic E-state index is 13.9. The first-order chi connectivity index (χ1) is 13.4. The number of halogens is 2. The first-order valence-corrected chi connectivity index (χ1v) is 9.11. The highest BCUT2D eigenvalue weighted by Gasteiger charge is 2.27. The lowest BCUT2D eigenvalue weighted by molar-refractivity contribution is -0.384. The third-order valence-corrected chi connectivity index (χ3v) is 5.00. The van der Waals surface area contributed by atoms with Gasteiger partial charge in [-0.25, -0.2) is 4.39 Å². The summed E-state index contributed by atoms with van der Waals surface area (Å²) in [5.74, 6) is -1.03. The van der Waals surface area contributed by atoms with Gasteiger partial charge in [0.2, 0.25) is 0 Å². The predicted molar refractivity (Wildman–Crippen MR) is 104 cm³/mol. The number of anilines is 1. The van der Waals surface area contributed by atoms with Gasteiger partial charge in [0.05, 0.1) is 28.7 Å². The number of nitro groups is 1. The van der Waals surface area contributed by atoms with Gasteiger partial charge in [-0.1, -0.05) is 23.7 Å². The Balaban J connectivity index is 1.83. The van der Waals surface area contributed by atoms with Crippen molar-refractivity contribution in [2.45, 2.75) is 6.42 Å². The second-order valence-electron chi connectivity index (χ2n) is 6.35. The molecule has 28 heavy (non-hydrogen) atoms. The molecule has 1 aliphatic rings. The van der Waals surface area contributed by atoms with E-state index in [-0.39, 0.29) is 23.0 Å². The summed E-state index contributed by atoms with van der Waals surface area (Å²) >= 11 is 6.13.